The molecule has 27 heavy (non-hydrogen) atoms. The van der Waals surface area contributed by atoms with Gasteiger partial charge in [-0.3, -0.25) is 14.5 Å². The van der Waals surface area contributed by atoms with Crippen LogP contribution in [0.5, 0.6) is 0 Å². The molecule has 5 nitrogen and oxygen atoms in total. The topological polar surface area (TPSA) is 62.3 Å². The van der Waals surface area contributed by atoms with Gasteiger partial charge in [0.2, 0.25) is 11.8 Å². The Balaban J connectivity index is 1.72. The third-order valence-corrected chi connectivity index (χ3v) is 4.57. The molecule has 136 valence electrons. The van der Waals surface area contributed by atoms with Gasteiger partial charge in [-0.1, -0.05) is 30.3 Å². The number of hydrogen-bond donors (Lipinski definition) is 1. The monoisotopic (exact) mass is 377 g/mol. The number of benzene rings is 2. The summed E-state index contributed by atoms with van der Waals surface area (Å²) in [7, 11) is 0. The highest BCUT2D eigenvalue weighted by atomic mass is 32.1. The van der Waals surface area contributed by atoms with Crippen LogP contribution in [0.4, 0.5) is 16.5 Å². The molecule has 0 aliphatic heterocycles. The number of para-hydroxylation sites is 1. The van der Waals surface area contributed by atoms with E-state index in [1.165, 1.54) is 24.3 Å². The second kappa shape index (κ2) is 8.42. The second-order valence-electron chi connectivity index (χ2n) is 5.94. The van der Waals surface area contributed by atoms with Crippen LogP contribution in [-0.2, 0) is 9.59 Å². The van der Waals surface area contributed by atoms with Gasteiger partial charge in [0.05, 0.1) is 11.4 Å². The Morgan fingerprint density at radius 1 is 1.11 bits per heavy atom. The molecule has 2 aromatic carbocycles. The number of carbonyl (C=O) groups is 2. The number of hydrogen-bond acceptors (Lipinski definition) is 4. The summed E-state index contributed by atoms with van der Waals surface area (Å²) in [5.74, 6) is -0.357. The lowest BCUT2D eigenvalue weighted by molar-refractivity contribution is -0.116. The summed E-state index contributed by atoms with van der Waals surface area (Å²) in [6, 6.07) is 16.9. The van der Waals surface area contributed by atoms with Crippen LogP contribution in [0.25, 0.3) is 6.08 Å². The predicted octanol–water partition coefficient (Wildman–Crippen LogP) is 4.79. The van der Waals surface area contributed by atoms with Crippen LogP contribution >= 0.6 is 11.3 Å². The maximum Gasteiger partial charge on any atom is 0.248 e. The van der Waals surface area contributed by atoms with Crippen LogP contribution in [-0.4, -0.2) is 16.8 Å². The first kappa shape index (κ1) is 18.5. The molecule has 0 fully saturated rings. The third-order valence-electron chi connectivity index (χ3n) is 3.72. The molecule has 0 radical (unpaired) electrons. The van der Waals surface area contributed by atoms with Gasteiger partial charge in [-0.2, -0.15) is 0 Å². The van der Waals surface area contributed by atoms with E-state index in [-0.39, 0.29) is 11.8 Å². The van der Waals surface area contributed by atoms with Crippen LogP contribution in [0.2, 0.25) is 0 Å². The van der Waals surface area contributed by atoms with E-state index in [0.29, 0.717) is 10.8 Å². The van der Waals surface area contributed by atoms with Gasteiger partial charge in [0.15, 0.2) is 5.13 Å². The quantitative estimate of drug-likeness (QED) is 0.651. The number of aryl methyl sites for hydroxylation is 1. The van der Waals surface area contributed by atoms with Gasteiger partial charge in [-0.25, -0.2) is 4.98 Å². The summed E-state index contributed by atoms with van der Waals surface area (Å²) < 4.78 is 0. The van der Waals surface area contributed by atoms with E-state index in [4.69, 9.17) is 0 Å². The zero-order valence-electron chi connectivity index (χ0n) is 15.0. The molecule has 0 spiro atoms. The van der Waals surface area contributed by atoms with Crippen molar-refractivity contribution in [3.05, 3.63) is 77.3 Å². The van der Waals surface area contributed by atoms with Gasteiger partial charge in [-0.15, -0.1) is 11.3 Å². The minimum Gasteiger partial charge on any atom is -0.323 e. The van der Waals surface area contributed by atoms with Crippen molar-refractivity contribution in [2.45, 2.75) is 13.8 Å². The van der Waals surface area contributed by atoms with E-state index in [2.05, 4.69) is 10.3 Å². The highest BCUT2D eigenvalue weighted by molar-refractivity contribution is 7.14. The van der Waals surface area contributed by atoms with Crippen molar-refractivity contribution in [2.75, 3.05) is 10.2 Å². The van der Waals surface area contributed by atoms with Gasteiger partial charge >= 0.3 is 0 Å². The van der Waals surface area contributed by atoms with Gasteiger partial charge in [0.1, 0.15) is 0 Å². The zero-order valence-corrected chi connectivity index (χ0v) is 15.9. The summed E-state index contributed by atoms with van der Waals surface area (Å²) in [6.45, 7) is 3.47. The summed E-state index contributed by atoms with van der Waals surface area (Å²) in [4.78, 5) is 30.2. The molecule has 2 amide bonds. The Labute approximate surface area is 162 Å². The maximum absolute atomic E-state index is 12.1. The number of carbonyl (C=O) groups excluding carboxylic acids is 2. The standard InChI is InChI=1S/C21H19N3O2S/c1-15-7-6-8-17(13-15)22-20(26)12-11-18-14-27-21(23-18)24(16(2)25)19-9-4-3-5-10-19/h3-14H,1-2H3,(H,22,26). The van der Waals surface area contributed by atoms with Crippen molar-refractivity contribution in [1.29, 1.82) is 0 Å². The van der Waals surface area contributed by atoms with E-state index >= 15 is 0 Å². The number of nitrogens with zero attached hydrogens (tertiary/aromatic N) is 2. The fourth-order valence-corrected chi connectivity index (χ4v) is 3.38. The van der Waals surface area contributed by atoms with Crippen LogP contribution in [0.1, 0.15) is 18.2 Å². The molecule has 0 aliphatic carbocycles. The van der Waals surface area contributed by atoms with Crippen molar-refractivity contribution in [1.82, 2.24) is 4.98 Å². The van der Waals surface area contributed by atoms with Crippen molar-refractivity contribution < 1.29 is 9.59 Å². The normalized spacial score (nSPS) is 10.7. The highest BCUT2D eigenvalue weighted by Gasteiger charge is 2.17. The minimum atomic E-state index is -0.235. The third kappa shape index (κ3) is 4.89. The Kier molecular flexibility index (Phi) is 5.78. The molecule has 0 unspecified atom stereocenters. The van der Waals surface area contributed by atoms with Gasteiger partial charge in [-0.05, 0) is 42.8 Å². The van der Waals surface area contributed by atoms with E-state index in [1.807, 2.05) is 66.9 Å². The van der Waals surface area contributed by atoms with Crippen molar-refractivity contribution in [2.24, 2.45) is 0 Å². The van der Waals surface area contributed by atoms with Gasteiger partial charge in [0.25, 0.3) is 0 Å². The molecule has 3 aromatic rings. The molecule has 1 aromatic heterocycles. The molecule has 0 bridgehead atoms. The molecule has 1 heterocycles. The average Bonchev–Trinajstić information content (AvgIpc) is 3.09. The van der Waals surface area contributed by atoms with E-state index in [1.54, 1.807) is 11.0 Å². The Bertz CT molecular complexity index is 980. The number of nitrogens with one attached hydrogen (secondary N) is 1. The lowest BCUT2D eigenvalue weighted by Crippen LogP contribution is -2.22. The van der Waals surface area contributed by atoms with Gasteiger partial charge < -0.3 is 5.32 Å². The van der Waals surface area contributed by atoms with Gasteiger partial charge in [0, 0.05) is 24.1 Å². The number of rotatable bonds is 5. The molecule has 1 N–H and O–H groups in total. The lowest BCUT2D eigenvalue weighted by atomic mass is 10.2. The largest absolute Gasteiger partial charge is 0.323 e. The van der Waals surface area contributed by atoms with Crippen LogP contribution < -0.4 is 10.2 Å². The Morgan fingerprint density at radius 3 is 2.59 bits per heavy atom. The number of thiazole rings is 1. The summed E-state index contributed by atoms with van der Waals surface area (Å²) in [5.41, 5.74) is 3.20. The fraction of sp³-hybridized carbons (Fsp3) is 0.0952. The summed E-state index contributed by atoms with van der Waals surface area (Å²) >= 11 is 1.35. The smallest absolute Gasteiger partial charge is 0.248 e. The SMILES string of the molecule is CC(=O)N(c1ccccc1)c1nc(C=CC(=O)Nc2cccc(C)c2)cs1. The predicted molar refractivity (Wildman–Crippen MR) is 110 cm³/mol. The van der Waals surface area contributed by atoms with E-state index in [9.17, 15) is 9.59 Å². The summed E-state index contributed by atoms with van der Waals surface area (Å²) in [6.07, 6.45) is 3.07. The highest BCUT2D eigenvalue weighted by Crippen LogP contribution is 2.29. The molecule has 0 saturated heterocycles. The Hall–Kier alpha value is -3.25. The maximum atomic E-state index is 12.1. The van der Waals surface area contributed by atoms with E-state index in [0.717, 1.165) is 16.9 Å². The van der Waals surface area contributed by atoms with Crippen molar-refractivity contribution >= 4 is 45.7 Å². The van der Waals surface area contributed by atoms with Crippen LogP contribution in [0.3, 0.4) is 0 Å². The molecule has 0 saturated carbocycles. The Morgan fingerprint density at radius 2 is 1.89 bits per heavy atom. The second-order valence-corrected chi connectivity index (χ2v) is 6.77. The summed E-state index contributed by atoms with van der Waals surface area (Å²) in [5, 5.41) is 5.18. The minimum absolute atomic E-state index is 0.122. The molecule has 3 rings (SSSR count). The van der Waals surface area contributed by atoms with Crippen LogP contribution in [0.15, 0.2) is 66.1 Å². The molecule has 6 heteroatoms. The first-order valence-electron chi connectivity index (χ1n) is 8.40. The molecular weight excluding hydrogens is 358 g/mol. The average molecular weight is 377 g/mol. The number of amides is 2. The van der Waals surface area contributed by atoms with Crippen molar-refractivity contribution in [3.8, 4) is 0 Å². The van der Waals surface area contributed by atoms with Crippen molar-refractivity contribution in [3.63, 3.8) is 0 Å². The molecule has 0 atom stereocenters. The lowest BCUT2D eigenvalue weighted by Gasteiger charge is -2.17. The first-order valence-corrected chi connectivity index (χ1v) is 9.28. The number of anilines is 3. The fourth-order valence-electron chi connectivity index (χ4n) is 2.53. The molecule has 0 aliphatic rings. The number of aromatic nitrogens is 1. The zero-order chi connectivity index (χ0) is 19.2. The van der Waals surface area contributed by atoms with E-state index < -0.39 is 0 Å². The first-order chi connectivity index (χ1) is 13.0. The molecular formula is C21H19N3O2S. The van der Waals surface area contributed by atoms with Crippen LogP contribution in [0, 0.1) is 6.92 Å².